The van der Waals surface area contributed by atoms with Crippen LogP contribution in [0.5, 0.6) is 0 Å². The highest BCUT2D eigenvalue weighted by molar-refractivity contribution is 5.51. The van der Waals surface area contributed by atoms with Gasteiger partial charge in [-0.2, -0.15) is 5.26 Å². The summed E-state index contributed by atoms with van der Waals surface area (Å²) >= 11 is 0. The molecule has 0 saturated carbocycles. The van der Waals surface area contributed by atoms with Gasteiger partial charge < -0.3 is 5.32 Å². The Balaban J connectivity index is 2.16. The molecule has 2 aromatic rings. The number of hydrogen-bond donors (Lipinski definition) is 1. The topological polar surface area (TPSA) is 122 Å². The summed E-state index contributed by atoms with van der Waals surface area (Å²) in [5, 5.41) is 33.3. The van der Waals surface area contributed by atoms with Crippen LogP contribution in [0.4, 0.5) is 17.1 Å². The number of nitrogens with zero attached hydrogens (tertiary/aromatic N) is 3. The molecule has 0 aliphatic rings. The van der Waals surface area contributed by atoms with Crippen LogP contribution in [-0.2, 0) is 0 Å². The first-order chi connectivity index (χ1) is 10.5. The van der Waals surface area contributed by atoms with Gasteiger partial charge in [0.15, 0.2) is 0 Å². The molecule has 0 saturated heterocycles. The van der Waals surface area contributed by atoms with Gasteiger partial charge in [0.25, 0.3) is 11.4 Å². The van der Waals surface area contributed by atoms with Gasteiger partial charge in [0.1, 0.15) is 6.04 Å². The van der Waals surface area contributed by atoms with E-state index in [-0.39, 0.29) is 11.4 Å². The summed E-state index contributed by atoms with van der Waals surface area (Å²) in [6.07, 6.45) is 0. The molecule has 0 aliphatic carbocycles. The molecule has 0 fully saturated rings. The lowest BCUT2D eigenvalue weighted by Crippen LogP contribution is -2.08. The third-order valence-corrected chi connectivity index (χ3v) is 2.96. The summed E-state index contributed by atoms with van der Waals surface area (Å²) < 4.78 is 0. The van der Waals surface area contributed by atoms with Crippen molar-refractivity contribution in [2.45, 2.75) is 6.04 Å². The van der Waals surface area contributed by atoms with Crippen LogP contribution in [-0.4, -0.2) is 9.85 Å². The fourth-order valence-electron chi connectivity index (χ4n) is 1.82. The minimum absolute atomic E-state index is 0.0469. The van der Waals surface area contributed by atoms with Gasteiger partial charge in [0.2, 0.25) is 0 Å². The molecular weight excluding hydrogens is 288 g/mol. The van der Waals surface area contributed by atoms with E-state index < -0.39 is 15.9 Å². The summed E-state index contributed by atoms with van der Waals surface area (Å²) in [6, 6.07) is 12.6. The zero-order valence-electron chi connectivity index (χ0n) is 11.2. The fourth-order valence-corrected chi connectivity index (χ4v) is 1.82. The molecule has 1 unspecified atom stereocenters. The lowest BCUT2D eigenvalue weighted by Gasteiger charge is -2.13. The zero-order chi connectivity index (χ0) is 16.1. The van der Waals surface area contributed by atoms with Gasteiger partial charge in [-0.05, 0) is 29.8 Å². The molecule has 1 atom stereocenters. The smallest absolute Gasteiger partial charge is 0.269 e. The fraction of sp³-hybridized carbons (Fsp3) is 0.0714. The minimum Gasteiger partial charge on any atom is -0.366 e. The molecule has 2 rings (SSSR count). The Morgan fingerprint density at radius 1 is 0.909 bits per heavy atom. The number of hydrogen-bond acceptors (Lipinski definition) is 6. The van der Waals surface area contributed by atoms with Gasteiger partial charge in [-0.25, -0.2) is 0 Å². The van der Waals surface area contributed by atoms with E-state index in [9.17, 15) is 25.5 Å². The summed E-state index contributed by atoms with van der Waals surface area (Å²) in [6.45, 7) is 0. The highest BCUT2D eigenvalue weighted by Crippen LogP contribution is 2.23. The summed E-state index contributed by atoms with van der Waals surface area (Å²) in [4.78, 5) is 20.1. The van der Waals surface area contributed by atoms with E-state index in [0.29, 0.717) is 11.3 Å². The van der Waals surface area contributed by atoms with E-state index in [2.05, 4.69) is 5.32 Å². The predicted octanol–water partition coefficient (Wildman–Crippen LogP) is 3.18. The lowest BCUT2D eigenvalue weighted by molar-refractivity contribution is -0.385. The largest absolute Gasteiger partial charge is 0.366 e. The molecule has 0 bridgehead atoms. The van der Waals surface area contributed by atoms with Crippen LogP contribution < -0.4 is 5.32 Å². The molecular formula is C14H10N4O4. The Kier molecular flexibility index (Phi) is 4.29. The average molecular weight is 298 g/mol. The second-order valence-corrected chi connectivity index (χ2v) is 4.36. The Morgan fingerprint density at radius 3 is 1.77 bits per heavy atom. The van der Waals surface area contributed by atoms with E-state index in [1.54, 1.807) is 0 Å². The molecule has 1 N–H and O–H groups in total. The third kappa shape index (κ3) is 3.34. The van der Waals surface area contributed by atoms with Gasteiger partial charge in [-0.1, -0.05) is 0 Å². The van der Waals surface area contributed by atoms with E-state index in [1.807, 2.05) is 6.07 Å². The van der Waals surface area contributed by atoms with E-state index in [1.165, 1.54) is 48.5 Å². The van der Waals surface area contributed by atoms with Crippen LogP contribution in [0.2, 0.25) is 0 Å². The number of rotatable bonds is 5. The van der Waals surface area contributed by atoms with Crippen molar-refractivity contribution in [3.8, 4) is 6.07 Å². The van der Waals surface area contributed by atoms with Crippen LogP contribution in [0, 0.1) is 31.6 Å². The average Bonchev–Trinajstić information content (AvgIpc) is 2.53. The van der Waals surface area contributed by atoms with Crippen molar-refractivity contribution >= 4 is 17.1 Å². The Morgan fingerprint density at radius 2 is 1.36 bits per heavy atom. The van der Waals surface area contributed by atoms with Crippen LogP contribution in [0.1, 0.15) is 11.6 Å². The molecule has 0 spiro atoms. The second-order valence-electron chi connectivity index (χ2n) is 4.36. The Bertz CT molecular complexity index is 735. The van der Waals surface area contributed by atoms with Crippen LogP contribution in [0.15, 0.2) is 48.5 Å². The molecule has 8 nitrogen and oxygen atoms in total. The molecule has 0 aliphatic heterocycles. The van der Waals surface area contributed by atoms with E-state index in [0.717, 1.165) is 0 Å². The maximum Gasteiger partial charge on any atom is 0.269 e. The van der Waals surface area contributed by atoms with Crippen molar-refractivity contribution < 1.29 is 9.85 Å². The number of nitriles is 1. The Labute approximate surface area is 124 Å². The molecule has 0 radical (unpaired) electrons. The van der Waals surface area contributed by atoms with Gasteiger partial charge >= 0.3 is 0 Å². The number of nitrogens with one attached hydrogen (secondary N) is 1. The molecule has 8 heteroatoms. The van der Waals surface area contributed by atoms with Crippen molar-refractivity contribution in [3.05, 3.63) is 74.3 Å². The molecule has 0 amide bonds. The first kappa shape index (κ1) is 14.9. The number of non-ortho nitro benzene ring substituents is 2. The van der Waals surface area contributed by atoms with Crippen molar-refractivity contribution in [2.75, 3.05) is 5.32 Å². The number of nitro benzene ring substituents is 2. The van der Waals surface area contributed by atoms with Gasteiger partial charge in [-0.3, -0.25) is 20.2 Å². The van der Waals surface area contributed by atoms with Crippen molar-refractivity contribution in [1.29, 1.82) is 5.26 Å². The third-order valence-electron chi connectivity index (χ3n) is 2.96. The van der Waals surface area contributed by atoms with Gasteiger partial charge in [-0.15, -0.1) is 0 Å². The molecule has 0 aromatic heterocycles. The number of benzene rings is 2. The van der Waals surface area contributed by atoms with E-state index >= 15 is 0 Å². The first-order valence-electron chi connectivity index (χ1n) is 6.16. The molecule has 110 valence electrons. The monoisotopic (exact) mass is 298 g/mol. The second kappa shape index (κ2) is 6.32. The standard InChI is InChI=1S/C14H10N4O4/c15-9-14(10-1-5-12(6-2-10)17(19)20)16-11-3-7-13(8-4-11)18(21)22/h1-8,14,16H. The highest BCUT2D eigenvalue weighted by atomic mass is 16.6. The van der Waals surface area contributed by atoms with Crippen molar-refractivity contribution in [3.63, 3.8) is 0 Å². The SMILES string of the molecule is N#CC(Nc1ccc([N+](=O)[O-])cc1)c1ccc([N+](=O)[O-])cc1. The Hall–Kier alpha value is -3.47. The van der Waals surface area contributed by atoms with Crippen LogP contribution in [0.3, 0.4) is 0 Å². The summed E-state index contributed by atoms with van der Waals surface area (Å²) in [7, 11) is 0. The predicted molar refractivity (Wildman–Crippen MR) is 78.2 cm³/mol. The van der Waals surface area contributed by atoms with Crippen LogP contribution >= 0.6 is 0 Å². The normalized spacial score (nSPS) is 11.2. The molecule has 22 heavy (non-hydrogen) atoms. The molecule has 0 heterocycles. The van der Waals surface area contributed by atoms with E-state index in [4.69, 9.17) is 0 Å². The zero-order valence-corrected chi connectivity index (χ0v) is 11.2. The van der Waals surface area contributed by atoms with Crippen molar-refractivity contribution in [1.82, 2.24) is 0 Å². The molecule has 2 aromatic carbocycles. The number of anilines is 1. The van der Waals surface area contributed by atoms with Gasteiger partial charge in [0.05, 0.1) is 15.9 Å². The van der Waals surface area contributed by atoms with Crippen LogP contribution in [0.25, 0.3) is 0 Å². The quantitative estimate of drug-likeness (QED) is 0.668. The summed E-state index contributed by atoms with van der Waals surface area (Å²) in [5.74, 6) is 0. The highest BCUT2D eigenvalue weighted by Gasteiger charge is 2.13. The van der Waals surface area contributed by atoms with Gasteiger partial charge in [0, 0.05) is 30.0 Å². The number of nitro groups is 2. The summed E-state index contributed by atoms with van der Waals surface area (Å²) in [5.41, 5.74) is 0.993. The van der Waals surface area contributed by atoms with Crippen molar-refractivity contribution in [2.24, 2.45) is 0 Å². The maximum atomic E-state index is 10.6. The first-order valence-corrected chi connectivity index (χ1v) is 6.16. The lowest BCUT2D eigenvalue weighted by atomic mass is 10.1. The minimum atomic E-state index is -0.720. The maximum absolute atomic E-state index is 10.6.